The SMILES string of the molecule is COc1cc(CCl)cc(Br)c1OCOCC1CC1. The van der Waals surface area contributed by atoms with Gasteiger partial charge < -0.3 is 14.2 Å². The molecule has 2 rings (SSSR count). The summed E-state index contributed by atoms with van der Waals surface area (Å²) in [6, 6.07) is 3.79. The molecular weight excluding hydrogens is 319 g/mol. The van der Waals surface area contributed by atoms with Crippen molar-refractivity contribution in [2.45, 2.75) is 18.7 Å². The second-order valence-corrected chi connectivity index (χ2v) is 5.44. The number of methoxy groups -OCH3 is 1. The number of rotatable bonds is 7. The second kappa shape index (κ2) is 6.64. The van der Waals surface area contributed by atoms with Gasteiger partial charge >= 0.3 is 0 Å². The topological polar surface area (TPSA) is 27.7 Å². The molecule has 0 bridgehead atoms. The van der Waals surface area contributed by atoms with Crippen molar-refractivity contribution in [3.05, 3.63) is 22.2 Å². The zero-order chi connectivity index (χ0) is 13.0. The van der Waals surface area contributed by atoms with Gasteiger partial charge in [0.1, 0.15) is 0 Å². The average molecular weight is 336 g/mol. The third kappa shape index (κ3) is 3.77. The summed E-state index contributed by atoms with van der Waals surface area (Å²) in [6.07, 6.45) is 2.55. The van der Waals surface area contributed by atoms with E-state index in [0.29, 0.717) is 17.4 Å². The maximum absolute atomic E-state index is 5.81. The van der Waals surface area contributed by atoms with Crippen LogP contribution in [0.1, 0.15) is 18.4 Å². The van der Waals surface area contributed by atoms with E-state index in [0.717, 1.165) is 22.6 Å². The summed E-state index contributed by atoms with van der Waals surface area (Å²) in [7, 11) is 1.61. The minimum absolute atomic E-state index is 0.242. The maximum atomic E-state index is 5.81. The van der Waals surface area contributed by atoms with Gasteiger partial charge in [0.2, 0.25) is 0 Å². The quantitative estimate of drug-likeness (QED) is 0.429. The molecule has 0 heterocycles. The molecule has 18 heavy (non-hydrogen) atoms. The average Bonchev–Trinajstić information content (AvgIpc) is 3.19. The van der Waals surface area contributed by atoms with E-state index in [-0.39, 0.29) is 6.79 Å². The molecule has 0 saturated heterocycles. The normalized spacial score (nSPS) is 14.6. The molecule has 1 aliphatic rings. The highest BCUT2D eigenvalue weighted by molar-refractivity contribution is 9.10. The molecule has 1 aliphatic carbocycles. The van der Waals surface area contributed by atoms with E-state index in [2.05, 4.69) is 15.9 Å². The Labute approximate surface area is 120 Å². The Bertz CT molecular complexity index is 407. The van der Waals surface area contributed by atoms with Crippen LogP contribution in [0.5, 0.6) is 11.5 Å². The second-order valence-electron chi connectivity index (χ2n) is 4.32. The third-order valence-corrected chi connectivity index (χ3v) is 3.68. The van der Waals surface area contributed by atoms with E-state index in [1.807, 2.05) is 12.1 Å². The van der Waals surface area contributed by atoms with Crippen LogP contribution in [0, 0.1) is 5.92 Å². The summed E-state index contributed by atoms with van der Waals surface area (Å²) >= 11 is 9.26. The van der Waals surface area contributed by atoms with Crippen LogP contribution in [0.3, 0.4) is 0 Å². The molecule has 0 aromatic heterocycles. The number of hydrogen-bond donors (Lipinski definition) is 0. The Balaban J connectivity index is 1.96. The molecule has 0 aliphatic heterocycles. The molecule has 0 N–H and O–H groups in total. The summed E-state index contributed by atoms with van der Waals surface area (Å²) in [5.41, 5.74) is 0.978. The van der Waals surface area contributed by atoms with Gasteiger partial charge in [-0.05, 0) is 52.4 Å². The van der Waals surface area contributed by atoms with Gasteiger partial charge in [0, 0.05) is 5.88 Å². The minimum atomic E-state index is 0.242. The van der Waals surface area contributed by atoms with Crippen LogP contribution in [-0.4, -0.2) is 20.5 Å². The molecule has 0 radical (unpaired) electrons. The van der Waals surface area contributed by atoms with Crippen molar-refractivity contribution in [2.75, 3.05) is 20.5 Å². The molecule has 1 saturated carbocycles. The van der Waals surface area contributed by atoms with Gasteiger partial charge in [0.25, 0.3) is 0 Å². The van der Waals surface area contributed by atoms with Gasteiger partial charge in [0.05, 0.1) is 18.2 Å². The van der Waals surface area contributed by atoms with E-state index < -0.39 is 0 Å². The lowest BCUT2D eigenvalue weighted by atomic mass is 10.2. The highest BCUT2D eigenvalue weighted by atomic mass is 79.9. The highest BCUT2D eigenvalue weighted by Crippen LogP contribution is 2.37. The lowest BCUT2D eigenvalue weighted by Gasteiger charge is -2.13. The first-order valence-electron chi connectivity index (χ1n) is 5.87. The van der Waals surface area contributed by atoms with Gasteiger partial charge in [-0.3, -0.25) is 0 Å². The fraction of sp³-hybridized carbons (Fsp3) is 0.538. The molecule has 3 nitrogen and oxygen atoms in total. The van der Waals surface area contributed by atoms with Crippen LogP contribution in [0.25, 0.3) is 0 Å². The van der Waals surface area contributed by atoms with Crippen LogP contribution >= 0.6 is 27.5 Å². The summed E-state index contributed by atoms with van der Waals surface area (Å²) in [5.74, 6) is 2.49. The van der Waals surface area contributed by atoms with Gasteiger partial charge in [0.15, 0.2) is 18.3 Å². The lowest BCUT2D eigenvalue weighted by molar-refractivity contribution is 0.00822. The van der Waals surface area contributed by atoms with Crippen molar-refractivity contribution in [3.8, 4) is 11.5 Å². The summed E-state index contributed by atoms with van der Waals surface area (Å²) < 4.78 is 17.2. The van der Waals surface area contributed by atoms with Crippen molar-refractivity contribution >= 4 is 27.5 Å². The number of halogens is 2. The predicted molar refractivity (Wildman–Crippen MR) is 74.4 cm³/mol. The Hall–Kier alpha value is -0.450. The Morgan fingerprint density at radius 2 is 2.17 bits per heavy atom. The Morgan fingerprint density at radius 1 is 1.39 bits per heavy atom. The van der Waals surface area contributed by atoms with Crippen LogP contribution in [0.15, 0.2) is 16.6 Å². The standard InChI is InChI=1S/C13H16BrClO3/c1-16-12-5-10(6-15)4-11(14)13(12)18-8-17-7-9-2-3-9/h4-5,9H,2-3,6-8H2,1H3. The lowest BCUT2D eigenvalue weighted by Crippen LogP contribution is -2.06. The zero-order valence-electron chi connectivity index (χ0n) is 10.2. The van der Waals surface area contributed by atoms with Gasteiger partial charge in [-0.2, -0.15) is 0 Å². The first-order valence-corrected chi connectivity index (χ1v) is 7.20. The smallest absolute Gasteiger partial charge is 0.189 e. The third-order valence-electron chi connectivity index (χ3n) is 2.78. The first kappa shape index (κ1) is 14.0. The van der Waals surface area contributed by atoms with Crippen molar-refractivity contribution in [1.29, 1.82) is 0 Å². The van der Waals surface area contributed by atoms with Crippen molar-refractivity contribution in [3.63, 3.8) is 0 Å². The van der Waals surface area contributed by atoms with Crippen molar-refractivity contribution in [2.24, 2.45) is 5.92 Å². The van der Waals surface area contributed by atoms with Crippen molar-refractivity contribution < 1.29 is 14.2 Å². The van der Waals surface area contributed by atoms with Crippen LogP contribution < -0.4 is 9.47 Å². The number of benzene rings is 1. The van der Waals surface area contributed by atoms with Gasteiger partial charge in [-0.25, -0.2) is 0 Å². The molecule has 1 aromatic carbocycles. The molecule has 0 atom stereocenters. The van der Waals surface area contributed by atoms with E-state index >= 15 is 0 Å². The molecule has 1 aromatic rings. The van der Waals surface area contributed by atoms with Crippen LogP contribution in [0.2, 0.25) is 0 Å². The number of ether oxygens (including phenoxy) is 3. The van der Waals surface area contributed by atoms with E-state index in [1.165, 1.54) is 12.8 Å². The predicted octanol–water partition coefficient (Wildman–Crippen LogP) is 3.96. The largest absolute Gasteiger partial charge is 0.493 e. The van der Waals surface area contributed by atoms with E-state index in [9.17, 15) is 0 Å². The Morgan fingerprint density at radius 3 is 2.78 bits per heavy atom. The molecule has 0 amide bonds. The van der Waals surface area contributed by atoms with Crippen LogP contribution in [-0.2, 0) is 10.6 Å². The summed E-state index contributed by atoms with van der Waals surface area (Å²) in [6.45, 7) is 1.02. The molecule has 5 heteroatoms. The fourth-order valence-electron chi connectivity index (χ4n) is 1.59. The first-order chi connectivity index (χ1) is 8.74. The molecule has 100 valence electrons. The van der Waals surface area contributed by atoms with Gasteiger partial charge in [-0.15, -0.1) is 11.6 Å². The fourth-order valence-corrected chi connectivity index (χ4v) is 2.35. The van der Waals surface area contributed by atoms with E-state index in [4.69, 9.17) is 25.8 Å². The zero-order valence-corrected chi connectivity index (χ0v) is 12.6. The monoisotopic (exact) mass is 334 g/mol. The number of hydrogen-bond acceptors (Lipinski definition) is 3. The van der Waals surface area contributed by atoms with Crippen LogP contribution in [0.4, 0.5) is 0 Å². The Kier molecular flexibility index (Phi) is 5.15. The highest BCUT2D eigenvalue weighted by Gasteiger charge is 2.21. The molecular formula is C13H16BrClO3. The molecule has 1 fully saturated rings. The van der Waals surface area contributed by atoms with Crippen molar-refractivity contribution in [1.82, 2.24) is 0 Å². The summed E-state index contributed by atoms with van der Waals surface area (Å²) in [5, 5.41) is 0. The maximum Gasteiger partial charge on any atom is 0.189 e. The minimum Gasteiger partial charge on any atom is -0.493 e. The summed E-state index contributed by atoms with van der Waals surface area (Å²) in [4.78, 5) is 0. The molecule has 0 spiro atoms. The van der Waals surface area contributed by atoms with Gasteiger partial charge in [-0.1, -0.05) is 0 Å². The molecule has 0 unspecified atom stereocenters. The number of alkyl halides is 1. The van der Waals surface area contributed by atoms with E-state index in [1.54, 1.807) is 7.11 Å².